The van der Waals surface area contributed by atoms with Crippen LogP contribution in [0.4, 0.5) is 0 Å². The summed E-state index contributed by atoms with van der Waals surface area (Å²) < 4.78 is 0.810. The van der Waals surface area contributed by atoms with Gasteiger partial charge < -0.3 is 10.2 Å². The van der Waals surface area contributed by atoms with Gasteiger partial charge in [0, 0.05) is 11.8 Å². The second kappa shape index (κ2) is 9.78. The van der Waals surface area contributed by atoms with Gasteiger partial charge in [-0.25, -0.2) is 4.98 Å². The van der Waals surface area contributed by atoms with E-state index in [9.17, 15) is 4.79 Å². The van der Waals surface area contributed by atoms with E-state index in [1.165, 1.54) is 19.4 Å². The van der Waals surface area contributed by atoms with Crippen molar-refractivity contribution < 1.29 is 15.0 Å². The number of aliphatic hydroxyl groups is 2. The van der Waals surface area contributed by atoms with Gasteiger partial charge in [-0.15, -0.1) is 0 Å². The summed E-state index contributed by atoms with van der Waals surface area (Å²) in [6.07, 6.45) is 3.51. The van der Waals surface area contributed by atoms with E-state index in [0.29, 0.717) is 17.5 Å². The molecule has 0 saturated heterocycles. The Hall–Kier alpha value is -1.27. The number of carbonyl (C=O) groups is 1. The van der Waals surface area contributed by atoms with Crippen molar-refractivity contribution in [3.05, 3.63) is 51.6 Å². The maximum absolute atomic E-state index is 11.5. The monoisotopic (exact) mass is 455 g/mol. The third kappa shape index (κ3) is 7.34. The van der Waals surface area contributed by atoms with Crippen LogP contribution >= 0.6 is 27.5 Å². The van der Waals surface area contributed by atoms with Gasteiger partial charge in [0.25, 0.3) is 0 Å². The zero-order valence-corrected chi connectivity index (χ0v) is 17.3. The molecule has 4 nitrogen and oxygen atoms in total. The molecule has 148 valence electrons. The van der Waals surface area contributed by atoms with E-state index in [0.717, 1.165) is 40.2 Å². The molecule has 1 unspecified atom stereocenters. The second-order valence-electron chi connectivity index (χ2n) is 7.01. The van der Waals surface area contributed by atoms with Crippen LogP contribution in [0.3, 0.4) is 0 Å². The Kier molecular flexibility index (Phi) is 8.61. The highest BCUT2D eigenvalue weighted by Crippen LogP contribution is 2.31. The van der Waals surface area contributed by atoms with Gasteiger partial charge in [-0.1, -0.05) is 37.7 Å². The smallest absolute Gasteiger partial charge is 0.158 e. The molecule has 1 aliphatic carbocycles. The number of halogens is 2. The number of rotatable bonds is 3. The van der Waals surface area contributed by atoms with E-state index in [1.54, 1.807) is 0 Å². The Bertz CT molecular complexity index is 824. The van der Waals surface area contributed by atoms with E-state index < -0.39 is 5.79 Å². The SMILES string of the molecule is C.C=C1C(=O)CCC1CCc1ccc2cc(Br)c(Cl)nc2c1.CC(C)(O)O. The van der Waals surface area contributed by atoms with E-state index in [2.05, 4.69) is 45.7 Å². The van der Waals surface area contributed by atoms with Crippen molar-refractivity contribution in [3.63, 3.8) is 0 Å². The Morgan fingerprint density at radius 1 is 1.33 bits per heavy atom. The minimum Gasteiger partial charge on any atom is -0.366 e. The molecule has 0 radical (unpaired) electrons. The van der Waals surface area contributed by atoms with Crippen LogP contribution in [-0.4, -0.2) is 26.8 Å². The highest BCUT2D eigenvalue weighted by atomic mass is 79.9. The van der Waals surface area contributed by atoms with Gasteiger partial charge in [0.2, 0.25) is 0 Å². The van der Waals surface area contributed by atoms with Crippen molar-refractivity contribution in [3.8, 4) is 0 Å². The van der Waals surface area contributed by atoms with E-state index in [4.69, 9.17) is 21.8 Å². The molecular weight excluding hydrogens is 430 g/mol. The van der Waals surface area contributed by atoms with Crippen LogP contribution in [0.1, 0.15) is 46.1 Å². The summed E-state index contributed by atoms with van der Waals surface area (Å²) in [5.74, 6) is -0.925. The van der Waals surface area contributed by atoms with Gasteiger partial charge >= 0.3 is 0 Å². The summed E-state index contributed by atoms with van der Waals surface area (Å²) in [7, 11) is 0. The van der Waals surface area contributed by atoms with Crippen LogP contribution in [-0.2, 0) is 11.2 Å². The molecule has 2 N–H and O–H groups in total. The fourth-order valence-corrected chi connectivity index (χ4v) is 3.33. The third-order valence-electron chi connectivity index (χ3n) is 4.15. The topological polar surface area (TPSA) is 70.4 Å². The zero-order valence-electron chi connectivity index (χ0n) is 14.9. The molecule has 27 heavy (non-hydrogen) atoms. The molecular formula is C21H27BrClNO3. The van der Waals surface area contributed by atoms with Gasteiger partial charge in [-0.3, -0.25) is 4.79 Å². The van der Waals surface area contributed by atoms with Crippen molar-refractivity contribution in [2.75, 3.05) is 0 Å². The molecule has 1 atom stereocenters. The molecule has 3 rings (SSSR count). The minimum atomic E-state index is -1.50. The number of fused-ring (bicyclic) bond motifs is 1. The Morgan fingerprint density at radius 2 is 1.96 bits per heavy atom. The van der Waals surface area contributed by atoms with Crippen molar-refractivity contribution in [2.45, 2.75) is 52.7 Å². The molecule has 1 heterocycles. The summed E-state index contributed by atoms with van der Waals surface area (Å²) in [5, 5.41) is 17.7. The molecule has 1 fully saturated rings. The highest BCUT2D eigenvalue weighted by molar-refractivity contribution is 9.10. The molecule has 2 aromatic rings. The zero-order chi connectivity index (χ0) is 19.5. The van der Waals surface area contributed by atoms with Crippen molar-refractivity contribution in [1.82, 2.24) is 4.98 Å². The van der Waals surface area contributed by atoms with Crippen LogP contribution in [0, 0.1) is 5.92 Å². The summed E-state index contributed by atoms with van der Waals surface area (Å²) in [6.45, 7) is 6.51. The fraction of sp³-hybridized carbons (Fsp3) is 0.429. The average molecular weight is 457 g/mol. The Labute approximate surface area is 174 Å². The summed E-state index contributed by atoms with van der Waals surface area (Å²) in [5.41, 5.74) is 2.93. The number of aromatic nitrogens is 1. The van der Waals surface area contributed by atoms with E-state index in [-0.39, 0.29) is 13.2 Å². The number of aryl methyl sites for hydroxylation is 1. The van der Waals surface area contributed by atoms with Gasteiger partial charge in [-0.05, 0) is 78.2 Å². The number of benzene rings is 1. The lowest BCUT2D eigenvalue weighted by Gasteiger charge is -2.10. The normalized spacial score (nSPS) is 16.7. The number of carbonyl (C=O) groups excluding carboxylic acids is 1. The molecule has 0 amide bonds. The first-order valence-corrected chi connectivity index (χ1v) is 9.63. The Balaban J connectivity index is 0.000000542. The first-order chi connectivity index (χ1) is 12.0. The van der Waals surface area contributed by atoms with Crippen LogP contribution < -0.4 is 0 Å². The molecule has 1 aliphatic rings. The number of Topliss-reactive ketones (excluding diaryl/α,β-unsaturated/α-hetero) is 1. The van der Waals surface area contributed by atoms with E-state index in [1.807, 2.05) is 6.07 Å². The molecule has 0 bridgehead atoms. The maximum atomic E-state index is 11.5. The summed E-state index contributed by atoms with van der Waals surface area (Å²) in [6, 6.07) is 8.23. The molecule has 1 aromatic carbocycles. The summed E-state index contributed by atoms with van der Waals surface area (Å²) in [4.78, 5) is 15.9. The van der Waals surface area contributed by atoms with Crippen molar-refractivity contribution in [2.24, 2.45) is 5.92 Å². The van der Waals surface area contributed by atoms with Crippen molar-refractivity contribution in [1.29, 1.82) is 0 Å². The lowest BCUT2D eigenvalue weighted by atomic mass is 9.95. The highest BCUT2D eigenvalue weighted by Gasteiger charge is 2.26. The number of nitrogens with zero attached hydrogens (tertiary/aromatic N) is 1. The molecule has 1 saturated carbocycles. The van der Waals surface area contributed by atoms with Crippen LogP contribution in [0.25, 0.3) is 10.9 Å². The lowest BCUT2D eigenvalue weighted by Crippen LogP contribution is -2.15. The number of allylic oxidation sites excluding steroid dienone is 1. The van der Waals surface area contributed by atoms with Gasteiger partial charge in [0.15, 0.2) is 11.6 Å². The number of hydrogen-bond acceptors (Lipinski definition) is 4. The third-order valence-corrected chi connectivity index (χ3v) is 5.27. The quantitative estimate of drug-likeness (QED) is 0.365. The first kappa shape index (κ1) is 23.8. The van der Waals surface area contributed by atoms with Crippen LogP contribution in [0.15, 0.2) is 40.9 Å². The largest absolute Gasteiger partial charge is 0.366 e. The summed E-state index contributed by atoms with van der Waals surface area (Å²) >= 11 is 9.44. The minimum absolute atomic E-state index is 0. The molecule has 0 spiro atoms. The lowest BCUT2D eigenvalue weighted by molar-refractivity contribution is -0.127. The predicted octanol–water partition coefficient (Wildman–Crippen LogP) is 5.46. The van der Waals surface area contributed by atoms with Gasteiger partial charge in [-0.2, -0.15) is 0 Å². The first-order valence-electron chi connectivity index (χ1n) is 8.46. The standard InChI is InChI=1S/C17H15BrClNO.C3H8O2.CH4/c1-10-12(6-7-16(10)21)4-2-11-3-5-13-9-14(18)17(19)20-15(13)8-11;1-3(2,4)5;/h3,5,8-9,12H,1-2,4,6-7H2;4-5H,1-2H3;1H4. The number of ketones is 1. The molecule has 6 heteroatoms. The van der Waals surface area contributed by atoms with Crippen LogP contribution in [0.5, 0.6) is 0 Å². The van der Waals surface area contributed by atoms with Crippen molar-refractivity contribution >= 4 is 44.2 Å². The Morgan fingerprint density at radius 3 is 2.52 bits per heavy atom. The average Bonchev–Trinajstić information content (AvgIpc) is 2.84. The number of pyridine rings is 1. The predicted molar refractivity (Wildman–Crippen MR) is 115 cm³/mol. The van der Waals surface area contributed by atoms with Crippen LogP contribution in [0.2, 0.25) is 5.15 Å². The molecule has 1 aromatic heterocycles. The van der Waals surface area contributed by atoms with Gasteiger partial charge in [0.05, 0.1) is 9.99 Å². The molecule has 0 aliphatic heterocycles. The maximum Gasteiger partial charge on any atom is 0.158 e. The fourth-order valence-electron chi connectivity index (χ4n) is 2.85. The second-order valence-corrected chi connectivity index (χ2v) is 8.22. The van der Waals surface area contributed by atoms with Gasteiger partial charge in [0.1, 0.15) is 5.15 Å². The number of hydrogen-bond donors (Lipinski definition) is 2. The van der Waals surface area contributed by atoms with E-state index >= 15 is 0 Å².